The fraction of sp³-hybridized carbons (Fsp3) is 0.188. The Balaban J connectivity index is 0.00000420. The van der Waals surface area contributed by atoms with Gasteiger partial charge in [0.25, 0.3) is 0 Å². The molecule has 0 heterocycles. The minimum Gasteiger partial charge on any atom is -0.744 e. The average Bonchev–Trinajstić information content (AvgIpc) is 2.58. The number of carbonyl (C=O) groups is 1. The van der Waals surface area contributed by atoms with E-state index in [0.717, 1.165) is 38.5 Å². The van der Waals surface area contributed by atoms with Crippen LogP contribution in [0.5, 0.6) is 23.0 Å². The minimum atomic E-state index is -5.03. The third kappa shape index (κ3) is 5.24. The van der Waals surface area contributed by atoms with Gasteiger partial charge in [-0.1, -0.05) is 7.43 Å². The zero-order valence-electron chi connectivity index (χ0n) is 15.2. The number of rotatable bonds is 6. The third-order valence-electron chi connectivity index (χ3n) is 3.63. The molecule has 0 radical (unpaired) electrons. The first-order valence-electron chi connectivity index (χ1n) is 7.11. The summed E-state index contributed by atoms with van der Waals surface area (Å²) < 4.78 is 76.6. The SMILES string of the molecule is C.COc1c(S(=O)(=O)[O-])ccc(C(=O)c2ccc(S(=O)(=O)[O-])c(OC)c2O)c1O.[Na+]. The maximum Gasteiger partial charge on any atom is 1.00 e. The summed E-state index contributed by atoms with van der Waals surface area (Å²) in [5.41, 5.74) is -1.14. The molecule has 14 heteroatoms. The Hall–Kier alpha value is -1.87. The summed E-state index contributed by atoms with van der Waals surface area (Å²) in [6, 6.07) is 3.04. The second-order valence-electron chi connectivity index (χ2n) is 5.22. The van der Waals surface area contributed by atoms with Gasteiger partial charge in [-0.2, -0.15) is 0 Å². The predicted molar refractivity (Wildman–Crippen MR) is 95.4 cm³/mol. The average molecular weight is 471 g/mol. The summed E-state index contributed by atoms with van der Waals surface area (Å²) in [6.45, 7) is 0. The van der Waals surface area contributed by atoms with Crippen molar-refractivity contribution in [2.45, 2.75) is 17.2 Å². The number of phenolic OH excluding ortho intramolecular Hbond substituents is 2. The van der Waals surface area contributed by atoms with Gasteiger partial charge in [-0.15, -0.1) is 0 Å². The maximum absolute atomic E-state index is 12.7. The number of aromatic hydroxyl groups is 2. The Morgan fingerprint density at radius 2 is 1.10 bits per heavy atom. The summed E-state index contributed by atoms with van der Waals surface area (Å²) in [5.74, 6) is -4.67. The van der Waals surface area contributed by atoms with Crippen molar-refractivity contribution in [2.24, 2.45) is 0 Å². The van der Waals surface area contributed by atoms with Crippen LogP contribution in [-0.2, 0) is 20.2 Å². The quantitative estimate of drug-likeness (QED) is 0.264. The van der Waals surface area contributed by atoms with E-state index in [2.05, 4.69) is 9.47 Å². The maximum atomic E-state index is 12.7. The summed E-state index contributed by atoms with van der Waals surface area (Å²) >= 11 is 0. The molecular formula is C16H16NaO11S2-. The molecule has 0 spiro atoms. The van der Waals surface area contributed by atoms with Crippen LogP contribution in [-0.4, -0.2) is 56.2 Å². The van der Waals surface area contributed by atoms with Gasteiger partial charge in [0.15, 0.2) is 23.0 Å². The van der Waals surface area contributed by atoms with Gasteiger partial charge in [-0.25, -0.2) is 16.8 Å². The van der Waals surface area contributed by atoms with Crippen molar-refractivity contribution in [3.63, 3.8) is 0 Å². The van der Waals surface area contributed by atoms with Crippen LogP contribution in [0.15, 0.2) is 34.1 Å². The normalized spacial score (nSPS) is 11.1. The van der Waals surface area contributed by atoms with E-state index in [1.54, 1.807) is 0 Å². The number of methoxy groups -OCH3 is 2. The van der Waals surface area contributed by atoms with Gasteiger partial charge in [0.05, 0.1) is 25.3 Å². The number of ether oxygens (including phenoxy) is 2. The van der Waals surface area contributed by atoms with E-state index in [-0.39, 0.29) is 37.0 Å². The molecule has 30 heavy (non-hydrogen) atoms. The van der Waals surface area contributed by atoms with Crippen LogP contribution >= 0.6 is 0 Å². The van der Waals surface area contributed by atoms with E-state index in [1.807, 2.05) is 0 Å². The largest absolute Gasteiger partial charge is 1.00 e. The number of hydrogen-bond acceptors (Lipinski definition) is 11. The summed E-state index contributed by atoms with van der Waals surface area (Å²) in [6.07, 6.45) is 0. The number of hydrogen-bond donors (Lipinski definition) is 2. The van der Waals surface area contributed by atoms with Crippen LogP contribution in [0.1, 0.15) is 23.3 Å². The molecule has 2 aromatic rings. The van der Waals surface area contributed by atoms with Crippen molar-refractivity contribution in [1.29, 1.82) is 0 Å². The fourth-order valence-electron chi connectivity index (χ4n) is 2.41. The number of benzene rings is 2. The molecule has 0 saturated carbocycles. The summed E-state index contributed by atoms with van der Waals surface area (Å²) in [5, 5.41) is 20.3. The van der Waals surface area contributed by atoms with E-state index < -0.39 is 69.9 Å². The van der Waals surface area contributed by atoms with Crippen LogP contribution in [0, 0.1) is 0 Å². The topological polar surface area (TPSA) is 190 Å². The Morgan fingerprint density at radius 3 is 1.33 bits per heavy atom. The summed E-state index contributed by atoms with van der Waals surface area (Å²) in [7, 11) is -8.16. The molecule has 0 amide bonds. The molecule has 160 valence electrons. The Bertz CT molecular complexity index is 1080. The molecule has 2 N–H and O–H groups in total. The summed E-state index contributed by atoms with van der Waals surface area (Å²) in [4.78, 5) is 10.8. The Morgan fingerprint density at radius 1 is 0.800 bits per heavy atom. The second-order valence-corrected chi connectivity index (χ2v) is 7.92. The molecule has 0 atom stereocenters. The van der Waals surface area contributed by atoms with Gasteiger partial charge >= 0.3 is 29.6 Å². The van der Waals surface area contributed by atoms with Gasteiger partial charge in [0, 0.05) is 0 Å². The van der Waals surface area contributed by atoms with E-state index in [0.29, 0.717) is 0 Å². The third-order valence-corrected chi connectivity index (χ3v) is 5.35. The van der Waals surface area contributed by atoms with E-state index in [9.17, 15) is 40.9 Å². The van der Waals surface area contributed by atoms with E-state index in [4.69, 9.17) is 0 Å². The molecule has 0 saturated heterocycles. The second kappa shape index (κ2) is 9.96. The monoisotopic (exact) mass is 471 g/mol. The first-order chi connectivity index (χ1) is 12.8. The van der Waals surface area contributed by atoms with Crippen LogP contribution in [0.4, 0.5) is 0 Å². The van der Waals surface area contributed by atoms with Crippen LogP contribution in [0.3, 0.4) is 0 Å². The van der Waals surface area contributed by atoms with Gasteiger partial charge in [-0.05, 0) is 24.3 Å². The predicted octanol–water partition coefficient (Wildman–Crippen LogP) is -2.21. The molecule has 0 aliphatic carbocycles. The van der Waals surface area contributed by atoms with Crippen LogP contribution < -0.4 is 39.0 Å². The standard InChI is InChI=1S/C15H14O11S2.CH4.Na/c1-25-14-9(27(19,20)21)5-3-7(12(14)17)11(16)8-4-6-10(28(22,23)24)15(26-2)13(8)18;;/h3-6,17-18H,1-2H3,(H,19,20,21)(H,22,23,24);1H4;/q;;+1/p-2. The van der Waals surface area contributed by atoms with Crippen molar-refractivity contribution in [1.82, 2.24) is 0 Å². The van der Waals surface area contributed by atoms with E-state index in [1.165, 1.54) is 0 Å². The van der Waals surface area contributed by atoms with Crippen LogP contribution in [0.2, 0.25) is 0 Å². The van der Waals surface area contributed by atoms with Crippen LogP contribution in [0.25, 0.3) is 0 Å². The Labute approximate surface area is 195 Å². The molecular weight excluding hydrogens is 455 g/mol. The fourth-order valence-corrected chi connectivity index (χ4v) is 3.69. The van der Waals surface area contributed by atoms with Crippen molar-refractivity contribution in [3.05, 3.63) is 35.4 Å². The number of carbonyl (C=O) groups excluding carboxylic acids is 1. The van der Waals surface area contributed by atoms with Crippen molar-refractivity contribution >= 4 is 26.0 Å². The zero-order valence-corrected chi connectivity index (χ0v) is 18.8. The van der Waals surface area contributed by atoms with Gasteiger partial charge in [0.1, 0.15) is 30.0 Å². The molecule has 0 fully saturated rings. The molecule has 11 nitrogen and oxygen atoms in total. The molecule has 2 aromatic carbocycles. The molecule has 0 aromatic heterocycles. The van der Waals surface area contributed by atoms with Crippen molar-refractivity contribution in [3.8, 4) is 23.0 Å². The number of ketones is 1. The molecule has 2 rings (SSSR count). The van der Waals surface area contributed by atoms with Crippen molar-refractivity contribution < 1.29 is 80.0 Å². The smallest absolute Gasteiger partial charge is 0.744 e. The first-order valence-corrected chi connectivity index (χ1v) is 9.92. The Kier molecular flexibility index (Phi) is 9.34. The van der Waals surface area contributed by atoms with Crippen molar-refractivity contribution in [2.75, 3.05) is 14.2 Å². The zero-order chi connectivity index (χ0) is 21.4. The van der Waals surface area contributed by atoms with Gasteiger partial charge < -0.3 is 28.8 Å². The molecule has 0 unspecified atom stereocenters. The van der Waals surface area contributed by atoms with Gasteiger partial charge in [-0.3, -0.25) is 4.79 Å². The van der Waals surface area contributed by atoms with Gasteiger partial charge in [0.2, 0.25) is 5.78 Å². The molecule has 0 aliphatic rings. The molecule has 0 bridgehead atoms. The number of phenols is 2. The minimum absolute atomic E-state index is 0. The first kappa shape index (κ1) is 28.1. The molecule has 0 aliphatic heterocycles. The van der Waals surface area contributed by atoms with E-state index >= 15 is 0 Å².